The van der Waals surface area contributed by atoms with Crippen molar-refractivity contribution >= 4 is 13.6 Å². The second-order valence-electron chi connectivity index (χ2n) is 2.48. The van der Waals surface area contributed by atoms with Crippen molar-refractivity contribution in [1.29, 1.82) is 0 Å². The highest BCUT2D eigenvalue weighted by molar-refractivity contribution is 6.24. The first-order chi connectivity index (χ1) is 5.79. The molecule has 0 atom stereocenters. The zero-order valence-electron chi connectivity index (χ0n) is 7.33. The van der Waals surface area contributed by atoms with E-state index < -0.39 is 0 Å². The van der Waals surface area contributed by atoms with E-state index in [2.05, 4.69) is 0 Å². The molecule has 0 aromatic heterocycles. The summed E-state index contributed by atoms with van der Waals surface area (Å²) in [5.74, 6) is 0.775. The Kier molecular flexibility index (Phi) is 2.91. The molecule has 0 saturated carbocycles. The van der Waals surface area contributed by atoms with E-state index in [0.717, 1.165) is 0 Å². The van der Waals surface area contributed by atoms with Gasteiger partial charge in [0.05, 0.1) is 12.7 Å². The highest BCUT2D eigenvalue weighted by Crippen LogP contribution is 2.18. The van der Waals surface area contributed by atoms with Crippen LogP contribution in [-0.2, 0) is 0 Å². The predicted molar refractivity (Wildman–Crippen MR) is 50.7 cm³/mol. The van der Waals surface area contributed by atoms with Gasteiger partial charge in [0.15, 0.2) is 5.78 Å². The molecule has 0 unspecified atom stereocenters. The van der Waals surface area contributed by atoms with Gasteiger partial charge in [0.25, 0.3) is 0 Å². The molecule has 2 nitrogen and oxygen atoms in total. The van der Waals surface area contributed by atoms with Crippen molar-refractivity contribution < 1.29 is 9.53 Å². The van der Waals surface area contributed by atoms with E-state index in [0.29, 0.717) is 17.6 Å². The SMILES string of the molecule is BCC(=O)c1ccccc1OC. The summed E-state index contributed by atoms with van der Waals surface area (Å²) in [6.07, 6.45) is 0.514. The third-order valence-electron chi connectivity index (χ3n) is 1.73. The normalized spacial score (nSPS) is 9.42. The molecule has 0 amide bonds. The molecule has 3 heteroatoms. The molecule has 0 heterocycles. The zero-order valence-corrected chi connectivity index (χ0v) is 7.33. The largest absolute Gasteiger partial charge is 0.496 e. The van der Waals surface area contributed by atoms with Gasteiger partial charge < -0.3 is 4.74 Å². The van der Waals surface area contributed by atoms with Crippen molar-refractivity contribution in [3.05, 3.63) is 29.8 Å². The summed E-state index contributed by atoms with van der Waals surface area (Å²) >= 11 is 0. The van der Waals surface area contributed by atoms with Crippen molar-refractivity contribution in [2.24, 2.45) is 0 Å². The van der Waals surface area contributed by atoms with E-state index in [9.17, 15) is 4.79 Å². The monoisotopic (exact) mass is 162 g/mol. The summed E-state index contributed by atoms with van der Waals surface area (Å²) < 4.78 is 5.05. The van der Waals surface area contributed by atoms with Crippen LogP contribution in [0.3, 0.4) is 0 Å². The Balaban J connectivity index is 3.04. The molecule has 1 aromatic carbocycles. The molecule has 0 saturated heterocycles. The van der Waals surface area contributed by atoms with Crippen LogP contribution >= 0.6 is 0 Å². The molecule has 0 spiro atoms. The van der Waals surface area contributed by atoms with Crippen LogP contribution in [0.4, 0.5) is 0 Å². The first kappa shape index (κ1) is 8.85. The number of carbonyl (C=O) groups excluding carboxylic acids is 1. The smallest absolute Gasteiger partial charge is 0.158 e. The molecule has 1 aromatic rings. The third-order valence-corrected chi connectivity index (χ3v) is 1.73. The van der Waals surface area contributed by atoms with Crippen molar-refractivity contribution in [3.63, 3.8) is 0 Å². The summed E-state index contributed by atoms with van der Waals surface area (Å²) in [6.45, 7) is 0. The maximum atomic E-state index is 11.3. The maximum absolute atomic E-state index is 11.3. The summed E-state index contributed by atoms with van der Waals surface area (Å²) in [5, 5.41) is 0. The lowest BCUT2D eigenvalue weighted by Gasteiger charge is -2.04. The fourth-order valence-corrected chi connectivity index (χ4v) is 1.07. The van der Waals surface area contributed by atoms with Crippen LogP contribution in [-0.4, -0.2) is 20.7 Å². The fraction of sp³-hybridized carbons (Fsp3) is 0.222. The van der Waals surface area contributed by atoms with Crippen LogP contribution in [0, 0.1) is 0 Å². The Morgan fingerprint density at radius 1 is 1.50 bits per heavy atom. The van der Waals surface area contributed by atoms with Gasteiger partial charge >= 0.3 is 0 Å². The van der Waals surface area contributed by atoms with Gasteiger partial charge in [0.1, 0.15) is 13.6 Å². The van der Waals surface area contributed by atoms with Crippen LogP contribution in [0.5, 0.6) is 5.75 Å². The quantitative estimate of drug-likeness (QED) is 0.488. The number of hydrogen-bond donors (Lipinski definition) is 0. The summed E-state index contributed by atoms with van der Waals surface area (Å²) in [5.41, 5.74) is 0.669. The van der Waals surface area contributed by atoms with Gasteiger partial charge in [-0.3, -0.25) is 4.79 Å². The van der Waals surface area contributed by atoms with Crippen molar-refractivity contribution in [3.8, 4) is 5.75 Å². The number of carbonyl (C=O) groups is 1. The Morgan fingerprint density at radius 3 is 2.75 bits per heavy atom. The first-order valence-corrected chi connectivity index (χ1v) is 3.95. The topological polar surface area (TPSA) is 26.3 Å². The van der Waals surface area contributed by atoms with Crippen LogP contribution in [0.2, 0.25) is 6.32 Å². The van der Waals surface area contributed by atoms with E-state index in [4.69, 9.17) is 4.74 Å². The van der Waals surface area contributed by atoms with E-state index in [-0.39, 0.29) is 5.78 Å². The molecule has 0 N–H and O–H groups in total. The molecule has 0 fully saturated rings. The summed E-state index contributed by atoms with van der Waals surface area (Å²) in [6, 6.07) is 7.27. The lowest BCUT2D eigenvalue weighted by atomic mass is 9.95. The molecule has 62 valence electrons. The van der Waals surface area contributed by atoms with Crippen molar-refractivity contribution in [1.82, 2.24) is 0 Å². The lowest BCUT2D eigenvalue weighted by molar-refractivity contribution is 0.101. The Morgan fingerprint density at radius 2 is 2.17 bits per heavy atom. The van der Waals surface area contributed by atoms with Crippen molar-refractivity contribution in [2.45, 2.75) is 6.32 Å². The van der Waals surface area contributed by atoms with Crippen LogP contribution in [0.25, 0.3) is 0 Å². The average molecular weight is 162 g/mol. The van der Waals surface area contributed by atoms with Gasteiger partial charge in [-0.05, 0) is 18.5 Å². The predicted octanol–water partition coefficient (Wildman–Crippen LogP) is 0.929. The van der Waals surface area contributed by atoms with E-state index in [1.54, 1.807) is 19.2 Å². The number of methoxy groups -OCH3 is 1. The molecule has 0 aliphatic heterocycles. The number of ether oxygens (including phenoxy) is 1. The van der Waals surface area contributed by atoms with Crippen LogP contribution in [0.1, 0.15) is 10.4 Å². The van der Waals surface area contributed by atoms with Gasteiger partial charge in [0.2, 0.25) is 0 Å². The molecule has 12 heavy (non-hydrogen) atoms. The minimum absolute atomic E-state index is 0.118. The van der Waals surface area contributed by atoms with Crippen molar-refractivity contribution in [2.75, 3.05) is 7.11 Å². The van der Waals surface area contributed by atoms with E-state index in [1.165, 1.54) is 0 Å². The Bertz CT molecular complexity index is 284. The molecular weight excluding hydrogens is 151 g/mol. The van der Waals surface area contributed by atoms with Crippen LogP contribution < -0.4 is 4.74 Å². The highest BCUT2D eigenvalue weighted by Gasteiger charge is 2.07. The summed E-state index contributed by atoms with van der Waals surface area (Å²) in [4.78, 5) is 11.3. The average Bonchev–Trinajstić information content (AvgIpc) is 2.16. The lowest BCUT2D eigenvalue weighted by Crippen LogP contribution is -2.00. The Labute approximate surface area is 73.0 Å². The number of para-hydroxylation sites is 1. The van der Waals surface area contributed by atoms with Crippen LogP contribution in [0.15, 0.2) is 24.3 Å². The molecular formula is C9H11BO2. The standard InChI is InChI=1S/C9H11BO2/c1-12-9-5-3-2-4-7(9)8(11)6-10/h2-5H,6,10H2,1H3. The van der Waals surface area contributed by atoms with Gasteiger partial charge in [-0.25, -0.2) is 0 Å². The number of ketones is 1. The highest BCUT2D eigenvalue weighted by atomic mass is 16.5. The van der Waals surface area contributed by atoms with Gasteiger partial charge in [0, 0.05) is 0 Å². The number of hydrogen-bond acceptors (Lipinski definition) is 2. The molecule has 0 bridgehead atoms. The number of rotatable bonds is 3. The van der Waals surface area contributed by atoms with Gasteiger partial charge in [-0.1, -0.05) is 12.1 Å². The van der Waals surface area contributed by atoms with Gasteiger partial charge in [-0.15, -0.1) is 0 Å². The fourth-order valence-electron chi connectivity index (χ4n) is 1.07. The maximum Gasteiger partial charge on any atom is 0.158 e. The molecule has 0 aliphatic rings. The second-order valence-corrected chi connectivity index (χ2v) is 2.48. The number of Topliss-reactive ketones (excluding diaryl/α,β-unsaturated/α-hetero) is 1. The zero-order chi connectivity index (χ0) is 8.97. The Hall–Kier alpha value is -1.25. The molecule has 0 aliphatic carbocycles. The molecule has 0 radical (unpaired) electrons. The molecule has 1 rings (SSSR count). The van der Waals surface area contributed by atoms with Gasteiger partial charge in [-0.2, -0.15) is 0 Å². The summed E-state index contributed by atoms with van der Waals surface area (Å²) in [7, 11) is 3.41. The minimum atomic E-state index is 0.118. The van der Waals surface area contributed by atoms with E-state index >= 15 is 0 Å². The first-order valence-electron chi connectivity index (χ1n) is 3.95. The van der Waals surface area contributed by atoms with E-state index in [1.807, 2.05) is 20.0 Å². The third kappa shape index (κ3) is 1.67. The number of benzene rings is 1. The second kappa shape index (κ2) is 3.95. The minimum Gasteiger partial charge on any atom is -0.496 e.